The van der Waals surface area contributed by atoms with E-state index in [1.165, 1.54) is 5.57 Å². The van der Waals surface area contributed by atoms with Gasteiger partial charge in [-0.15, -0.1) is 0 Å². The fraction of sp³-hybridized carbons (Fsp3) is 0.667. The zero-order chi connectivity index (χ0) is 13.2. The third kappa shape index (κ3) is 2.99. The molecule has 1 aliphatic rings. The van der Waals surface area contributed by atoms with E-state index in [-0.39, 0.29) is 17.3 Å². The molecule has 1 atom stereocenters. The molecule has 0 saturated carbocycles. The summed E-state index contributed by atoms with van der Waals surface area (Å²) in [5.74, 6) is 0.174. The molecule has 1 unspecified atom stereocenters. The Morgan fingerprint density at radius 2 is 2.18 bits per heavy atom. The van der Waals surface area contributed by atoms with Crippen molar-refractivity contribution in [2.24, 2.45) is 17.3 Å². The second kappa shape index (κ2) is 5.07. The summed E-state index contributed by atoms with van der Waals surface area (Å²) in [6, 6.07) is 0. The number of esters is 1. The van der Waals surface area contributed by atoms with E-state index in [2.05, 4.69) is 33.4 Å². The molecule has 0 amide bonds. The van der Waals surface area contributed by atoms with Crippen molar-refractivity contribution in [2.45, 2.75) is 41.0 Å². The van der Waals surface area contributed by atoms with Crippen molar-refractivity contribution in [3.63, 3.8) is 0 Å². The zero-order valence-electron chi connectivity index (χ0n) is 11.7. The molecule has 0 heterocycles. The van der Waals surface area contributed by atoms with Gasteiger partial charge in [0.1, 0.15) is 6.61 Å². The molecule has 0 radical (unpaired) electrons. The summed E-state index contributed by atoms with van der Waals surface area (Å²) in [5.41, 5.74) is 2.57. The number of allylic oxidation sites excluding steroid dienone is 2. The van der Waals surface area contributed by atoms with Crippen LogP contribution in [0.25, 0.3) is 0 Å². The molecule has 96 valence electrons. The van der Waals surface area contributed by atoms with Crippen molar-refractivity contribution in [2.75, 3.05) is 6.61 Å². The Balaban J connectivity index is 2.54. The summed E-state index contributed by atoms with van der Waals surface area (Å²) in [6.45, 7) is 14.7. The van der Waals surface area contributed by atoms with E-state index in [0.29, 0.717) is 12.5 Å². The van der Waals surface area contributed by atoms with E-state index < -0.39 is 0 Å². The first-order chi connectivity index (χ1) is 7.76. The van der Waals surface area contributed by atoms with Gasteiger partial charge in [-0.05, 0) is 30.3 Å². The van der Waals surface area contributed by atoms with E-state index in [1.54, 1.807) is 0 Å². The predicted octanol–water partition coefficient (Wildman–Crippen LogP) is 3.73. The van der Waals surface area contributed by atoms with Crippen LogP contribution >= 0.6 is 0 Å². The fourth-order valence-electron chi connectivity index (χ4n) is 2.24. The van der Waals surface area contributed by atoms with Crippen molar-refractivity contribution >= 4 is 5.97 Å². The maximum atomic E-state index is 11.4. The minimum atomic E-state index is -0.147. The molecule has 2 nitrogen and oxygen atoms in total. The van der Waals surface area contributed by atoms with Crippen LogP contribution in [-0.4, -0.2) is 12.6 Å². The lowest BCUT2D eigenvalue weighted by Gasteiger charge is -2.31. The SMILES string of the molecule is C=C(COC(=O)C(C)C)C1CC=C(C)C1(C)C. The highest BCUT2D eigenvalue weighted by Crippen LogP contribution is 2.46. The van der Waals surface area contributed by atoms with Gasteiger partial charge in [-0.2, -0.15) is 0 Å². The molecule has 0 N–H and O–H groups in total. The molecule has 0 aliphatic heterocycles. The number of ether oxygens (including phenoxy) is 1. The normalized spacial score (nSPS) is 22.5. The third-order valence-electron chi connectivity index (χ3n) is 3.91. The van der Waals surface area contributed by atoms with Crippen molar-refractivity contribution in [3.8, 4) is 0 Å². The van der Waals surface area contributed by atoms with Gasteiger partial charge in [0.15, 0.2) is 0 Å². The average Bonchev–Trinajstić information content (AvgIpc) is 2.50. The number of rotatable bonds is 4. The number of hydrogen-bond acceptors (Lipinski definition) is 2. The summed E-state index contributed by atoms with van der Waals surface area (Å²) >= 11 is 0. The largest absolute Gasteiger partial charge is 0.461 e. The van der Waals surface area contributed by atoms with Gasteiger partial charge in [-0.3, -0.25) is 4.79 Å². The topological polar surface area (TPSA) is 26.3 Å². The Morgan fingerprint density at radius 1 is 1.59 bits per heavy atom. The van der Waals surface area contributed by atoms with Crippen molar-refractivity contribution in [1.82, 2.24) is 0 Å². The van der Waals surface area contributed by atoms with Crippen LogP contribution in [0.5, 0.6) is 0 Å². The second-order valence-corrected chi connectivity index (χ2v) is 5.82. The van der Waals surface area contributed by atoms with Crippen LogP contribution in [0, 0.1) is 17.3 Å². The fourth-order valence-corrected chi connectivity index (χ4v) is 2.24. The maximum Gasteiger partial charge on any atom is 0.308 e. The summed E-state index contributed by atoms with van der Waals surface area (Å²) in [4.78, 5) is 11.4. The third-order valence-corrected chi connectivity index (χ3v) is 3.91. The van der Waals surface area contributed by atoms with Gasteiger partial charge in [0.25, 0.3) is 0 Å². The summed E-state index contributed by atoms with van der Waals surface area (Å²) in [5, 5.41) is 0. The molecular formula is C15H24O2. The lowest BCUT2D eigenvalue weighted by atomic mass is 9.74. The van der Waals surface area contributed by atoms with Gasteiger partial charge in [0.05, 0.1) is 5.92 Å². The number of carbonyl (C=O) groups is 1. The monoisotopic (exact) mass is 236 g/mol. The Bertz CT molecular complexity index is 348. The smallest absolute Gasteiger partial charge is 0.308 e. The first kappa shape index (κ1) is 14.0. The predicted molar refractivity (Wildman–Crippen MR) is 70.6 cm³/mol. The molecule has 0 aromatic rings. The summed E-state index contributed by atoms with van der Waals surface area (Å²) in [6.07, 6.45) is 3.27. The minimum absolute atomic E-state index is 0.0701. The van der Waals surface area contributed by atoms with Gasteiger partial charge in [0.2, 0.25) is 0 Å². The van der Waals surface area contributed by atoms with Crippen LogP contribution in [0.3, 0.4) is 0 Å². The molecule has 17 heavy (non-hydrogen) atoms. The molecule has 1 rings (SSSR count). The highest BCUT2D eigenvalue weighted by Gasteiger charge is 2.36. The van der Waals surface area contributed by atoms with Crippen molar-refractivity contribution in [1.29, 1.82) is 0 Å². The van der Waals surface area contributed by atoms with Crippen molar-refractivity contribution in [3.05, 3.63) is 23.8 Å². The molecule has 0 aromatic heterocycles. The molecule has 0 bridgehead atoms. The zero-order valence-corrected chi connectivity index (χ0v) is 11.7. The maximum absolute atomic E-state index is 11.4. The number of carbonyl (C=O) groups excluding carboxylic acids is 1. The molecule has 0 saturated heterocycles. The van der Waals surface area contributed by atoms with E-state index in [0.717, 1.165) is 12.0 Å². The first-order valence-electron chi connectivity index (χ1n) is 6.28. The quantitative estimate of drug-likeness (QED) is 0.549. The molecular weight excluding hydrogens is 212 g/mol. The molecule has 2 heteroatoms. The van der Waals surface area contributed by atoms with E-state index >= 15 is 0 Å². The van der Waals surface area contributed by atoms with Crippen LogP contribution in [0.4, 0.5) is 0 Å². The van der Waals surface area contributed by atoms with Crippen molar-refractivity contribution < 1.29 is 9.53 Å². The van der Waals surface area contributed by atoms with E-state index in [1.807, 2.05) is 13.8 Å². The average molecular weight is 236 g/mol. The molecule has 0 aromatic carbocycles. The molecule has 1 aliphatic carbocycles. The lowest BCUT2D eigenvalue weighted by Crippen LogP contribution is -2.25. The summed E-state index contributed by atoms with van der Waals surface area (Å²) in [7, 11) is 0. The highest BCUT2D eigenvalue weighted by atomic mass is 16.5. The van der Waals surface area contributed by atoms with Crippen LogP contribution in [0.2, 0.25) is 0 Å². The van der Waals surface area contributed by atoms with E-state index in [4.69, 9.17) is 4.74 Å². The van der Waals surface area contributed by atoms with Gasteiger partial charge in [-0.25, -0.2) is 0 Å². The van der Waals surface area contributed by atoms with Crippen LogP contribution < -0.4 is 0 Å². The molecule has 0 fully saturated rings. The van der Waals surface area contributed by atoms with Gasteiger partial charge < -0.3 is 4.74 Å². The molecule has 0 spiro atoms. The van der Waals surface area contributed by atoms with Crippen LogP contribution in [-0.2, 0) is 9.53 Å². The van der Waals surface area contributed by atoms with Crippen LogP contribution in [0.1, 0.15) is 41.0 Å². The first-order valence-corrected chi connectivity index (χ1v) is 6.28. The Hall–Kier alpha value is -1.05. The van der Waals surface area contributed by atoms with Gasteiger partial charge in [0, 0.05) is 0 Å². The standard InChI is InChI=1S/C15H24O2/c1-10(2)14(16)17-9-11(3)13-8-7-12(4)15(13,5)6/h7,10,13H,3,8-9H2,1-2,4-6H3. The second-order valence-electron chi connectivity index (χ2n) is 5.82. The Morgan fingerprint density at radius 3 is 2.59 bits per heavy atom. The minimum Gasteiger partial charge on any atom is -0.461 e. The highest BCUT2D eigenvalue weighted by molar-refractivity contribution is 5.71. The van der Waals surface area contributed by atoms with E-state index in [9.17, 15) is 4.79 Å². The van der Waals surface area contributed by atoms with Crippen LogP contribution in [0.15, 0.2) is 23.8 Å². The van der Waals surface area contributed by atoms with Gasteiger partial charge >= 0.3 is 5.97 Å². The lowest BCUT2D eigenvalue weighted by molar-refractivity contribution is -0.146. The number of hydrogen-bond donors (Lipinski definition) is 0. The summed E-state index contributed by atoms with van der Waals surface area (Å²) < 4.78 is 5.24. The Kier molecular flexibility index (Phi) is 4.18. The van der Waals surface area contributed by atoms with Gasteiger partial charge in [-0.1, -0.05) is 45.9 Å². The Labute approximate surface area is 105 Å².